The van der Waals surface area contributed by atoms with E-state index in [-0.39, 0.29) is 11.5 Å². The number of fused-ring (bicyclic) bond motifs is 1. The Morgan fingerprint density at radius 1 is 1.06 bits per heavy atom. The van der Waals surface area contributed by atoms with Crippen molar-refractivity contribution in [3.63, 3.8) is 0 Å². The number of hydrogen-bond donors (Lipinski definition) is 2. The first kappa shape index (κ1) is 12.3. The average molecular weight is 240 g/mol. The molecular formula is C16H16O2. The lowest BCUT2D eigenvalue weighted by Gasteiger charge is -2.11. The van der Waals surface area contributed by atoms with Crippen LogP contribution in [0.1, 0.15) is 25.0 Å². The maximum absolute atomic E-state index is 10.3. The number of hydrogen-bond acceptors (Lipinski definition) is 2. The van der Waals surface area contributed by atoms with Crippen molar-refractivity contribution in [1.82, 2.24) is 0 Å². The van der Waals surface area contributed by atoms with E-state index in [1.54, 1.807) is 25.1 Å². The van der Waals surface area contributed by atoms with Crippen LogP contribution in [0.4, 0.5) is 0 Å². The normalized spacial score (nSPS) is 10.2. The highest BCUT2D eigenvalue weighted by atomic mass is 16.3. The molecule has 0 unspecified atom stereocenters. The van der Waals surface area contributed by atoms with Crippen LogP contribution in [0.15, 0.2) is 35.6 Å². The number of allylic oxidation sites excluding steroid dienone is 1. The molecule has 0 atom stereocenters. The second-order valence-corrected chi connectivity index (χ2v) is 4.57. The molecule has 0 bridgehead atoms. The highest BCUT2D eigenvalue weighted by Crippen LogP contribution is 2.39. The zero-order chi connectivity index (χ0) is 13.3. The van der Waals surface area contributed by atoms with Gasteiger partial charge in [-0.15, -0.1) is 5.73 Å². The van der Waals surface area contributed by atoms with E-state index < -0.39 is 0 Å². The van der Waals surface area contributed by atoms with Gasteiger partial charge in [0.2, 0.25) is 0 Å². The average Bonchev–Trinajstić information content (AvgIpc) is 2.36. The molecule has 2 N–H and O–H groups in total. The van der Waals surface area contributed by atoms with Crippen molar-refractivity contribution in [2.75, 3.05) is 0 Å². The Labute approximate surface area is 107 Å². The van der Waals surface area contributed by atoms with Crippen molar-refractivity contribution < 1.29 is 10.2 Å². The molecule has 92 valence electrons. The molecule has 0 radical (unpaired) electrons. The van der Waals surface area contributed by atoms with Gasteiger partial charge in [0.05, 0.1) is 0 Å². The summed E-state index contributed by atoms with van der Waals surface area (Å²) in [6.07, 6.45) is 1.71. The summed E-state index contributed by atoms with van der Waals surface area (Å²) in [4.78, 5) is 0. The number of phenols is 2. The summed E-state index contributed by atoms with van der Waals surface area (Å²) in [5.41, 5.74) is 5.36. The third-order valence-corrected chi connectivity index (χ3v) is 2.96. The summed E-state index contributed by atoms with van der Waals surface area (Å²) in [6.45, 7) is 5.66. The second kappa shape index (κ2) is 4.59. The Bertz CT molecular complexity index is 671. The Hall–Kier alpha value is -2.18. The molecule has 0 saturated heterocycles. The Morgan fingerprint density at radius 3 is 2.17 bits per heavy atom. The number of rotatable bonds is 1. The fraction of sp³-hybridized carbons (Fsp3) is 0.188. The summed E-state index contributed by atoms with van der Waals surface area (Å²) in [5.74, 6) is 0.403. The van der Waals surface area contributed by atoms with Gasteiger partial charge in [-0.3, -0.25) is 0 Å². The van der Waals surface area contributed by atoms with Crippen molar-refractivity contribution >= 4 is 16.8 Å². The molecule has 18 heavy (non-hydrogen) atoms. The monoisotopic (exact) mass is 240 g/mol. The van der Waals surface area contributed by atoms with Crippen molar-refractivity contribution in [1.29, 1.82) is 0 Å². The van der Waals surface area contributed by atoms with Crippen LogP contribution >= 0.6 is 0 Å². The van der Waals surface area contributed by atoms with Crippen molar-refractivity contribution in [3.05, 3.63) is 46.7 Å². The first-order chi connectivity index (χ1) is 8.52. The van der Waals surface area contributed by atoms with Gasteiger partial charge in [-0.25, -0.2) is 0 Å². The van der Waals surface area contributed by atoms with E-state index in [0.29, 0.717) is 21.9 Å². The van der Waals surface area contributed by atoms with Crippen LogP contribution in [-0.2, 0) is 0 Å². The van der Waals surface area contributed by atoms with Crippen LogP contribution in [-0.4, -0.2) is 10.2 Å². The Balaban J connectivity index is 2.87. The zero-order valence-electron chi connectivity index (χ0n) is 10.8. The largest absolute Gasteiger partial charge is 0.507 e. The van der Waals surface area contributed by atoms with Gasteiger partial charge in [0.25, 0.3) is 0 Å². The molecule has 2 aromatic rings. The van der Waals surface area contributed by atoms with E-state index >= 15 is 0 Å². The van der Waals surface area contributed by atoms with E-state index in [2.05, 4.69) is 5.73 Å². The van der Waals surface area contributed by atoms with Crippen LogP contribution in [0.5, 0.6) is 11.5 Å². The Kier molecular flexibility index (Phi) is 3.14. The molecule has 0 amide bonds. The minimum absolute atomic E-state index is 0.189. The van der Waals surface area contributed by atoms with E-state index in [1.807, 2.05) is 26.0 Å². The molecule has 2 heteroatoms. The fourth-order valence-electron chi connectivity index (χ4n) is 1.94. The summed E-state index contributed by atoms with van der Waals surface area (Å²) >= 11 is 0. The minimum atomic E-state index is 0.189. The van der Waals surface area contributed by atoms with Crippen LogP contribution in [0.25, 0.3) is 16.8 Å². The van der Waals surface area contributed by atoms with E-state index in [0.717, 1.165) is 5.57 Å². The zero-order valence-corrected chi connectivity index (χ0v) is 10.8. The first-order valence-corrected chi connectivity index (χ1v) is 5.85. The van der Waals surface area contributed by atoms with Crippen LogP contribution in [0, 0.1) is 6.92 Å². The van der Waals surface area contributed by atoms with E-state index in [1.165, 1.54) is 0 Å². The molecule has 0 saturated carbocycles. The number of benzene rings is 2. The van der Waals surface area contributed by atoms with Crippen molar-refractivity contribution in [2.45, 2.75) is 20.8 Å². The third-order valence-electron chi connectivity index (χ3n) is 2.96. The van der Waals surface area contributed by atoms with Gasteiger partial charge in [-0.1, -0.05) is 24.3 Å². The maximum Gasteiger partial charge on any atom is 0.131 e. The van der Waals surface area contributed by atoms with Gasteiger partial charge in [0.15, 0.2) is 0 Å². The highest BCUT2D eigenvalue weighted by molar-refractivity contribution is 5.97. The molecule has 0 aliphatic carbocycles. The van der Waals surface area contributed by atoms with Crippen LogP contribution < -0.4 is 0 Å². The first-order valence-electron chi connectivity index (χ1n) is 5.85. The van der Waals surface area contributed by atoms with Crippen molar-refractivity contribution in [2.24, 2.45) is 0 Å². The topological polar surface area (TPSA) is 40.5 Å². The minimum Gasteiger partial charge on any atom is -0.507 e. The lowest BCUT2D eigenvalue weighted by molar-refractivity contribution is 0.465. The molecule has 2 aromatic carbocycles. The van der Waals surface area contributed by atoms with Crippen LogP contribution in [0.2, 0.25) is 0 Å². The number of aromatic hydroxyl groups is 2. The van der Waals surface area contributed by atoms with E-state index in [4.69, 9.17) is 0 Å². The predicted molar refractivity (Wildman–Crippen MR) is 74.9 cm³/mol. The lowest BCUT2D eigenvalue weighted by Crippen LogP contribution is -1.86. The van der Waals surface area contributed by atoms with Gasteiger partial charge in [-0.2, -0.15) is 0 Å². The third kappa shape index (κ3) is 1.99. The molecule has 0 aromatic heterocycles. The predicted octanol–water partition coefficient (Wildman–Crippen LogP) is 4.14. The molecule has 0 fully saturated rings. The summed E-state index contributed by atoms with van der Waals surface area (Å²) < 4.78 is 0. The SMILES string of the molecule is CC(C)=C=Cc1c(C)c(O)c2ccccc2c1O. The van der Waals surface area contributed by atoms with Crippen LogP contribution in [0.3, 0.4) is 0 Å². The lowest BCUT2D eigenvalue weighted by atomic mass is 9.98. The van der Waals surface area contributed by atoms with Crippen molar-refractivity contribution in [3.8, 4) is 11.5 Å². The molecule has 2 rings (SSSR count). The fourth-order valence-corrected chi connectivity index (χ4v) is 1.94. The Morgan fingerprint density at radius 2 is 1.61 bits per heavy atom. The van der Waals surface area contributed by atoms with Gasteiger partial charge >= 0.3 is 0 Å². The summed E-state index contributed by atoms with van der Waals surface area (Å²) in [6, 6.07) is 7.27. The van der Waals surface area contributed by atoms with Gasteiger partial charge in [-0.05, 0) is 32.4 Å². The molecule has 2 nitrogen and oxygen atoms in total. The summed E-state index contributed by atoms with van der Waals surface area (Å²) in [5, 5.41) is 21.8. The quantitative estimate of drug-likeness (QED) is 0.581. The van der Waals surface area contributed by atoms with Gasteiger partial charge in [0.1, 0.15) is 11.5 Å². The molecule has 0 spiro atoms. The maximum atomic E-state index is 10.3. The summed E-state index contributed by atoms with van der Waals surface area (Å²) in [7, 11) is 0. The van der Waals surface area contributed by atoms with Gasteiger partial charge in [0, 0.05) is 21.9 Å². The standard InChI is InChI=1S/C16H16O2/c1-10(2)8-9-12-11(3)15(17)13-6-4-5-7-14(13)16(12)18/h4-7,9,17-18H,1-3H3. The molecular weight excluding hydrogens is 224 g/mol. The molecule has 0 aliphatic rings. The highest BCUT2D eigenvalue weighted by Gasteiger charge is 2.13. The second-order valence-electron chi connectivity index (χ2n) is 4.57. The van der Waals surface area contributed by atoms with Gasteiger partial charge < -0.3 is 10.2 Å². The molecule has 0 aliphatic heterocycles. The van der Waals surface area contributed by atoms with E-state index in [9.17, 15) is 10.2 Å². The molecule has 0 heterocycles. The smallest absolute Gasteiger partial charge is 0.131 e. The number of phenolic OH excluding ortho intramolecular Hbond substituents is 2.